The lowest BCUT2D eigenvalue weighted by molar-refractivity contribution is 0.0733. The zero-order chi connectivity index (χ0) is 24.5. The molecule has 0 N–H and O–H groups in total. The van der Waals surface area contributed by atoms with E-state index in [2.05, 4.69) is 9.80 Å². The molecule has 5 rings (SSSR count). The Morgan fingerprint density at radius 2 is 1.57 bits per heavy atom. The van der Waals surface area contributed by atoms with Crippen molar-refractivity contribution < 1.29 is 9.18 Å². The van der Waals surface area contributed by atoms with E-state index in [0.717, 1.165) is 54.9 Å². The Hall–Kier alpha value is -3.39. The van der Waals surface area contributed by atoms with Crippen LogP contribution in [0.1, 0.15) is 21.6 Å². The first kappa shape index (κ1) is 23.4. The van der Waals surface area contributed by atoms with E-state index in [1.807, 2.05) is 36.0 Å². The number of benzene rings is 2. The molecule has 3 aromatic rings. The summed E-state index contributed by atoms with van der Waals surface area (Å²) >= 11 is 5.98. The summed E-state index contributed by atoms with van der Waals surface area (Å²) in [5.74, 6) is 1.33. The molecule has 0 atom stereocenters. The number of nitrogens with zero attached hydrogens (tertiary/aromatic N) is 6. The Balaban J connectivity index is 1.33. The number of aromatic nitrogens is 2. The molecule has 3 heterocycles. The zero-order valence-electron chi connectivity index (χ0n) is 19.9. The molecule has 0 unspecified atom stereocenters. The second-order valence-electron chi connectivity index (χ2n) is 9.10. The van der Waals surface area contributed by atoms with Gasteiger partial charge in [0.15, 0.2) is 0 Å². The van der Waals surface area contributed by atoms with Crippen molar-refractivity contribution in [2.24, 2.45) is 0 Å². The van der Waals surface area contributed by atoms with Gasteiger partial charge in [-0.1, -0.05) is 11.6 Å². The number of halogens is 2. The summed E-state index contributed by atoms with van der Waals surface area (Å²) in [5.41, 5.74) is 3.65. The van der Waals surface area contributed by atoms with Crippen molar-refractivity contribution >= 4 is 35.0 Å². The van der Waals surface area contributed by atoms with Crippen LogP contribution in [0.2, 0.25) is 5.02 Å². The number of anilines is 3. The van der Waals surface area contributed by atoms with Gasteiger partial charge in [0, 0.05) is 75.1 Å². The van der Waals surface area contributed by atoms with Gasteiger partial charge in [-0.3, -0.25) is 4.79 Å². The molecule has 35 heavy (non-hydrogen) atoms. The van der Waals surface area contributed by atoms with Gasteiger partial charge in [0.05, 0.1) is 12.2 Å². The van der Waals surface area contributed by atoms with Gasteiger partial charge in [-0.25, -0.2) is 9.37 Å². The topological polar surface area (TPSA) is 55.8 Å². The van der Waals surface area contributed by atoms with E-state index in [0.29, 0.717) is 30.1 Å². The summed E-state index contributed by atoms with van der Waals surface area (Å²) in [4.78, 5) is 31.2. The van der Waals surface area contributed by atoms with Crippen molar-refractivity contribution in [1.82, 2.24) is 14.9 Å². The first-order valence-electron chi connectivity index (χ1n) is 11.8. The summed E-state index contributed by atoms with van der Waals surface area (Å²) in [6, 6.07) is 13.6. The molecule has 1 saturated heterocycles. The number of carbonyl (C=O) groups is 1. The molecule has 0 aliphatic carbocycles. The minimum atomic E-state index is -0.223. The maximum atomic E-state index is 13.3. The summed E-state index contributed by atoms with van der Waals surface area (Å²) in [6.45, 7) is 4.27. The Labute approximate surface area is 209 Å². The summed E-state index contributed by atoms with van der Waals surface area (Å²) < 4.78 is 13.3. The second kappa shape index (κ2) is 9.70. The molecule has 0 bridgehead atoms. The number of piperazine rings is 1. The average molecular weight is 495 g/mol. The smallest absolute Gasteiger partial charge is 0.254 e. The molecule has 2 aliphatic heterocycles. The van der Waals surface area contributed by atoms with Crippen molar-refractivity contribution in [1.29, 1.82) is 0 Å². The quantitative estimate of drug-likeness (QED) is 0.549. The summed E-state index contributed by atoms with van der Waals surface area (Å²) in [6.07, 6.45) is 0.681. The lowest BCUT2D eigenvalue weighted by Gasteiger charge is -2.37. The van der Waals surface area contributed by atoms with Crippen LogP contribution in [-0.4, -0.2) is 67.6 Å². The van der Waals surface area contributed by atoms with Crippen molar-refractivity contribution in [3.8, 4) is 0 Å². The second-order valence-corrected chi connectivity index (χ2v) is 9.54. The van der Waals surface area contributed by atoms with Crippen LogP contribution in [0.4, 0.5) is 21.8 Å². The molecule has 2 aliphatic rings. The highest BCUT2D eigenvalue weighted by Gasteiger charge is 2.29. The summed E-state index contributed by atoms with van der Waals surface area (Å²) in [7, 11) is 3.94. The van der Waals surface area contributed by atoms with E-state index < -0.39 is 0 Å². The van der Waals surface area contributed by atoms with E-state index in [1.54, 1.807) is 24.3 Å². The third-order valence-electron chi connectivity index (χ3n) is 6.58. The van der Waals surface area contributed by atoms with E-state index in [9.17, 15) is 9.18 Å². The highest BCUT2D eigenvalue weighted by molar-refractivity contribution is 6.30. The lowest BCUT2D eigenvalue weighted by atomic mass is 10.0. The van der Waals surface area contributed by atoms with Gasteiger partial charge in [0.2, 0.25) is 5.95 Å². The summed E-state index contributed by atoms with van der Waals surface area (Å²) in [5, 5.41) is 0.611. The Morgan fingerprint density at radius 3 is 2.23 bits per heavy atom. The Bertz CT molecular complexity index is 1210. The predicted octanol–water partition coefficient (Wildman–Crippen LogP) is 3.86. The largest absolute Gasteiger partial charge is 0.368 e. The first-order valence-corrected chi connectivity index (χ1v) is 12.1. The number of hydrogen-bond acceptors (Lipinski definition) is 6. The molecule has 0 spiro atoms. The molecule has 1 aromatic heterocycles. The number of carbonyl (C=O) groups excluding carboxylic acids is 1. The third-order valence-corrected chi connectivity index (χ3v) is 6.83. The Kier molecular flexibility index (Phi) is 6.47. The van der Waals surface area contributed by atoms with E-state index >= 15 is 0 Å². The van der Waals surface area contributed by atoms with Crippen molar-refractivity contribution in [2.75, 3.05) is 61.5 Å². The molecule has 7 nitrogen and oxygen atoms in total. The number of hydrogen-bond donors (Lipinski definition) is 0. The normalized spacial score (nSPS) is 15.7. The van der Waals surface area contributed by atoms with E-state index in [-0.39, 0.29) is 11.7 Å². The molecule has 9 heteroatoms. The zero-order valence-corrected chi connectivity index (χ0v) is 20.7. The van der Waals surface area contributed by atoms with Crippen LogP contribution < -0.4 is 14.7 Å². The van der Waals surface area contributed by atoms with Gasteiger partial charge < -0.3 is 19.6 Å². The van der Waals surface area contributed by atoms with Gasteiger partial charge in [-0.15, -0.1) is 0 Å². The van der Waals surface area contributed by atoms with Crippen LogP contribution in [0.3, 0.4) is 0 Å². The molecule has 182 valence electrons. The van der Waals surface area contributed by atoms with Crippen LogP contribution in [-0.2, 0) is 13.0 Å². The number of rotatable bonds is 4. The maximum Gasteiger partial charge on any atom is 0.254 e. The molecule has 1 fully saturated rings. The fraction of sp³-hybridized carbons (Fsp3) is 0.346. The average Bonchev–Trinajstić information content (AvgIpc) is 2.88. The van der Waals surface area contributed by atoms with E-state index in [4.69, 9.17) is 21.6 Å². The molecule has 0 radical (unpaired) electrons. The molecule has 0 saturated carbocycles. The maximum absolute atomic E-state index is 13.3. The standard InChI is InChI=1S/C26H28ClFN6O/c1-31(2)24-22-17-34(25(35)18-3-5-19(27)6-4-18)12-11-23(22)29-26(30-24)33-15-13-32(14-16-33)21-9-7-20(28)8-10-21/h3-10H,11-17H2,1-2H3. The van der Waals surface area contributed by atoms with E-state index in [1.165, 1.54) is 12.1 Å². The Morgan fingerprint density at radius 1 is 0.914 bits per heavy atom. The third kappa shape index (κ3) is 4.89. The fourth-order valence-corrected chi connectivity index (χ4v) is 4.79. The highest BCUT2D eigenvalue weighted by atomic mass is 35.5. The van der Waals surface area contributed by atoms with Gasteiger partial charge in [-0.05, 0) is 48.5 Å². The van der Waals surface area contributed by atoms with Gasteiger partial charge in [-0.2, -0.15) is 4.98 Å². The number of fused-ring (bicyclic) bond motifs is 1. The monoisotopic (exact) mass is 494 g/mol. The first-order chi connectivity index (χ1) is 16.9. The minimum absolute atomic E-state index is 0.0157. The lowest BCUT2D eigenvalue weighted by Crippen LogP contribution is -2.47. The molecular weight excluding hydrogens is 467 g/mol. The number of amides is 1. The molecule has 2 aromatic carbocycles. The highest BCUT2D eigenvalue weighted by Crippen LogP contribution is 2.29. The van der Waals surface area contributed by atoms with Gasteiger partial charge in [0.25, 0.3) is 5.91 Å². The minimum Gasteiger partial charge on any atom is -0.368 e. The van der Waals surface area contributed by atoms with Crippen LogP contribution in [0.5, 0.6) is 0 Å². The van der Waals surface area contributed by atoms with Crippen LogP contribution in [0.15, 0.2) is 48.5 Å². The predicted molar refractivity (Wildman–Crippen MR) is 137 cm³/mol. The van der Waals surface area contributed by atoms with Crippen LogP contribution >= 0.6 is 11.6 Å². The van der Waals surface area contributed by atoms with Crippen molar-refractivity contribution in [2.45, 2.75) is 13.0 Å². The van der Waals surface area contributed by atoms with Crippen molar-refractivity contribution in [3.63, 3.8) is 0 Å². The molecular formula is C26H28ClFN6O. The van der Waals surface area contributed by atoms with Crippen LogP contribution in [0, 0.1) is 5.82 Å². The van der Waals surface area contributed by atoms with Gasteiger partial charge in [0.1, 0.15) is 11.6 Å². The molecule has 1 amide bonds. The van der Waals surface area contributed by atoms with Crippen molar-refractivity contribution in [3.05, 3.63) is 76.2 Å². The van der Waals surface area contributed by atoms with Crippen LogP contribution in [0.25, 0.3) is 0 Å². The SMILES string of the molecule is CN(C)c1nc(N2CCN(c3ccc(F)cc3)CC2)nc2c1CN(C(=O)c1ccc(Cl)cc1)CC2. The van der Waals surface area contributed by atoms with Gasteiger partial charge >= 0.3 is 0 Å². The fourth-order valence-electron chi connectivity index (χ4n) is 4.66.